The Labute approximate surface area is 466 Å². The summed E-state index contributed by atoms with van der Waals surface area (Å²) in [4.78, 5) is 0. The van der Waals surface area contributed by atoms with E-state index in [1.165, 1.54) is 22.3 Å². The van der Waals surface area contributed by atoms with Gasteiger partial charge < -0.3 is 27.6 Å². The van der Waals surface area contributed by atoms with Crippen molar-refractivity contribution in [3.63, 3.8) is 0 Å². The maximum absolute atomic E-state index is 7.65. The van der Waals surface area contributed by atoms with Crippen molar-refractivity contribution >= 4 is 27.4 Å². The molecule has 0 amide bonds. The molecule has 0 radical (unpaired) electrons. The molecule has 8 aromatic carbocycles. The number of ether oxygens (including phenoxy) is 2. The molecule has 11 rings (SSSR count). The Morgan fingerprint density at radius 1 is 0.321 bits per heavy atom. The zero-order valence-electron chi connectivity index (χ0n) is 48.0. The lowest BCUT2D eigenvalue weighted by Gasteiger charge is -2.31. The molecule has 2 aliphatic heterocycles. The van der Waals surface area contributed by atoms with E-state index >= 15 is 0 Å². The van der Waals surface area contributed by atoms with Crippen molar-refractivity contribution in [2.75, 3.05) is 14.2 Å². The number of fused-ring (bicyclic) bond motifs is 14. The highest BCUT2D eigenvalue weighted by Gasteiger charge is 2.36. The molecular formula is C70H74O6P2. The zero-order chi connectivity index (χ0) is 55.1. The van der Waals surface area contributed by atoms with E-state index in [1.807, 2.05) is 26.4 Å². The molecule has 0 N–H and O–H groups in total. The minimum absolute atomic E-state index is 0.192. The SMILES string of the molecule is COc1c2cc(C(C)(C)C)cc1Cc1cc(C(C)(C)C)cc(c1OP1Oc3ccccc3-c3ccccc31)Cc1cc(C(C)(C)C)cc(c1OC)Cc1cc(C(C)(C)C)cc(c1OP1Oc3ccccc3-c3ccccc31)C2. The van der Waals surface area contributed by atoms with Gasteiger partial charge in [0.05, 0.1) is 24.8 Å². The van der Waals surface area contributed by atoms with Gasteiger partial charge >= 0.3 is 16.8 Å². The van der Waals surface area contributed by atoms with Crippen LogP contribution in [0.1, 0.15) is 150 Å². The highest BCUT2D eigenvalue weighted by Crippen LogP contribution is 2.54. The lowest BCUT2D eigenvalue weighted by molar-refractivity contribution is 0.404. The van der Waals surface area contributed by atoms with E-state index in [0.29, 0.717) is 25.7 Å². The number of hydrogen-bond acceptors (Lipinski definition) is 6. The maximum atomic E-state index is 7.65. The van der Waals surface area contributed by atoms with Crippen LogP contribution in [0.5, 0.6) is 34.5 Å². The normalized spacial score (nSPS) is 15.8. The lowest BCUT2D eigenvalue weighted by Crippen LogP contribution is -2.20. The summed E-state index contributed by atoms with van der Waals surface area (Å²) in [6.07, 6.45) is 2.18. The first-order valence-electron chi connectivity index (χ1n) is 27.5. The molecule has 0 aromatic heterocycles. The molecule has 8 aromatic rings. The first-order chi connectivity index (χ1) is 37.0. The molecule has 400 valence electrons. The van der Waals surface area contributed by atoms with E-state index < -0.39 is 16.8 Å². The molecule has 0 fully saturated rings. The summed E-state index contributed by atoms with van der Waals surface area (Å²) in [5.41, 5.74) is 17.2. The summed E-state index contributed by atoms with van der Waals surface area (Å²) in [5.74, 6) is 5.03. The number of para-hydroxylation sites is 2. The van der Waals surface area contributed by atoms with E-state index in [4.69, 9.17) is 27.6 Å². The van der Waals surface area contributed by atoms with Gasteiger partial charge in [-0.1, -0.05) is 204 Å². The molecule has 8 bridgehead atoms. The van der Waals surface area contributed by atoms with E-state index in [1.54, 1.807) is 0 Å². The maximum Gasteiger partial charge on any atom is 0.326 e. The predicted molar refractivity (Wildman–Crippen MR) is 324 cm³/mol. The molecule has 0 saturated heterocycles. The van der Waals surface area contributed by atoms with E-state index in [-0.39, 0.29) is 21.7 Å². The highest BCUT2D eigenvalue weighted by molar-refractivity contribution is 7.57. The van der Waals surface area contributed by atoms with Gasteiger partial charge in [-0.3, -0.25) is 0 Å². The van der Waals surface area contributed by atoms with Gasteiger partial charge in [-0.05, 0) is 124 Å². The van der Waals surface area contributed by atoms with Crippen LogP contribution in [0.3, 0.4) is 0 Å². The van der Waals surface area contributed by atoms with E-state index in [9.17, 15) is 0 Å². The van der Waals surface area contributed by atoms with Crippen LogP contribution in [-0.4, -0.2) is 14.2 Å². The van der Waals surface area contributed by atoms with Crippen LogP contribution in [0.2, 0.25) is 0 Å². The van der Waals surface area contributed by atoms with Gasteiger partial charge in [-0.25, -0.2) is 0 Å². The fourth-order valence-corrected chi connectivity index (χ4v) is 14.4. The second-order valence-corrected chi connectivity index (χ2v) is 28.2. The smallest absolute Gasteiger partial charge is 0.326 e. The second kappa shape index (κ2) is 20.3. The van der Waals surface area contributed by atoms with Gasteiger partial charge in [0.1, 0.15) is 34.5 Å². The van der Waals surface area contributed by atoms with Crippen molar-refractivity contribution in [2.45, 2.75) is 130 Å². The number of rotatable bonds is 6. The predicted octanol–water partition coefficient (Wildman–Crippen LogP) is 17.7. The van der Waals surface area contributed by atoms with Gasteiger partial charge in [-0.15, -0.1) is 0 Å². The van der Waals surface area contributed by atoms with Crippen LogP contribution >= 0.6 is 16.8 Å². The Morgan fingerprint density at radius 3 is 0.833 bits per heavy atom. The summed E-state index contributed by atoms with van der Waals surface area (Å²) in [6.45, 7) is 27.6. The minimum atomic E-state index is -1.62. The Balaban J connectivity index is 1.20. The summed E-state index contributed by atoms with van der Waals surface area (Å²) in [7, 11) is 0.406. The molecule has 78 heavy (non-hydrogen) atoms. The summed E-state index contributed by atoms with van der Waals surface area (Å²) >= 11 is 0. The largest absolute Gasteiger partial charge is 0.496 e. The summed E-state index contributed by atoms with van der Waals surface area (Å²) < 4.78 is 42.8. The third-order valence-electron chi connectivity index (χ3n) is 15.6. The number of benzene rings is 8. The Kier molecular flexibility index (Phi) is 13.9. The average molecular weight is 1070 g/mol. The third-order valence-corrected chi connectivity index (χ3v) is 18.6. The summed E-state index contributed by atoms with van der Waals surface area (Å²) in [5, 5.41) is 2.10. The Hall–Kier alpha value is -6.58. The van der Waals surface area contributed by atoms with Crippen LogP contribution in [0.15, 0.2) is 146 Å². The minimum Gasteiger partial charge on any atom is -0.496 e. The van der Waals surface area contributed by atoms with Crippen molar-refractivity contribution in [3.8, 4) is 56.8 Å². The van der Waals surface area contributed by atoms with Gasteiger partial charge in [0, 0.05) is 36.8 Å². The Morgan fingerprint density at radius 2 is 0.564 bits per heavy atom. The van der Waals surface area contributed by atoms with Gasteiger partial charge in [-0.2, -0.15) is 0 Å². The summed E-state index contributed by atoms with van der Waals surface area (Å²) in [6, 6.07) is 52.8. The Bertz CT molecular complexity index is 3290. The van der Waals surface area contributed by atoms with Crippen LogP contribution in [-0.2, 0) is 47.3 Å². The van der Waals surface area contributed by atoms with Crippen LogP contribution in [0.4, 0.5) is 0 Å². The highest BCUT2D eigenvalue weighted by atomic mass is 31.2. The monoisotopic (exact) mass is 1070 g/mol. The van der Waals surface area contributed by atoms with Crippen LogP contribution in [0.25, 0.3) is 22.3 Å². The first-order valence-corrected chi connectivity index (χ1v) is 29.8. The third kappa shape index (κ3) is 10.3. The van der Waals surface area contributed by atoms with E-state index in [0.717, 1.165) is 112 Å². The lowest BCUT2D eigenvalue weighted by atomic mass is 9.79. The molecule has 1 aliphatic carbocycles. The number of methoxy groups -OCH3 is 2. The van der Waals surface area contributed by atoms with Gasteiger partial charge in [0.2, 0.25) is 0 Å². The number of hydrogen-bond donors (Lipinski definition) is 0. The van der Waals surface area contributed by atoms with E-state index in [2.05, 4.69) is 217 Å². The van der Waals surface area contributed by atoms with Gasteiger partial charge in [0.25, 0.3) is 0 Å². The van der Waals surface area contributed by atoms with Crippen LogP contribution < -0.4 is 38.2 Å². The van der Waals surface area contributed by atoms with Crippen molar-refractivity contribution in [1.82, 2.24) is 0 Å². The second-order valence-electron chi connectivity index (χ2n) is 25.5. The fourth-order valence-electron chi connectivity index (χ4n) is 11.2. The van der Waals surface area contributed by atoms with Crippen molar-refractivity contribution in [1.29, 1.82) is 0 Å². The van der Waals surface area contributed by atoms with Gasteiger partial charge in [0.15, 0.2) is 0 Å². The molecule has 6 nitrogen and oxygen atoms in total. The molecule has 3 aliphatic rings. The van der Waals surface area contributed by atoms with Crippen molar-refractivity contribution in [3.05, 3.63) is 212 Å². The standard InChI is InChI=1S/C70H74O6P2/c1-67(2,3)51-35-43-31-47-39-53(69(7,8)9)41-49(65(47)75-77-61-29-21-17-25-57(61)55-23-15-19-27-59(55)73-77)33-45-37-52(68(4,5)6)38-46(64(45)72-14)34-50-42-54(70(10,11)12)40-48(32-44(36-51)63(43)71-13)66(50)76-78-62-30-22-18-26-58(62)56-24-16-20-28-60(56)74-78/h15-30,35-42H,31-34H2,1-14H3. The molecule has 8 heteroatoms. The average Bonchev–Trinajstić information content (AvgIpc) is 3.59. The first kappa shape index (κ1) is 53.4. The topological polar surface area (TPSA) is 55.4 Å². The fraction of sp³-hybridized carbons (Fsp3) is 0.314. The molecule has 2 atom stereocenters. The van der Waals surface area contributed by atoms with Crippen molar-refractivity contribution < 1.29 is 27.6 Å². The molecular weight excluding hydrogens is 999 g/mol. The molecule has 2 heterocycles. The zero-order valence-corrected chi connectivity index (χ0v) is 49.8. The van der Waals surface area contributed by atoms with Crippen LogP contribution in [0, 0.1) is 0 Å². The molecule has 2 unspecified atom stereocenters. The van der Waals surface area contributed by atoms with Crippen molar-refractivity contribution in [2.24, 2.45) is 0 Å². The quantitative estimate of drug-likeness (QED) is 0.155. The molecule has 0 saturated carbocycles. The molecule has 0 spiro atoms.